The van der Waals surface area contributed by atoms with Crippen LogP contribution in [0.3, 0.4) is 0 Å². The third kappa shape index (κ3) is 4.30. The minimum atomic E-state index is 0.611. The molecule has 4 heteroatoms. The third-order valence-corrected chi connectivity index (χ3v) is 3.60. The molecule has 1 saturated heterocycles. The first-order valence-electron chi connectivity index (χ1n) is 7.67. The molecule has 0 aliphatic carbocycles. The Labute approximate surface area is 121 Å². The molecule has 0 saturated carbocycles. The summed E-state index contributed by atoms with van der Waals surface area (Å²) in [6, 6.07) is 5.73. The molecule has 0 atom stereocenters. The number of piperidine rings is 1. The summed E-state index contributed by atoms with van der Waals surface area (Å²) in [5.41, 5.74) is 6.69. The zero-order chi connectivity index (χ0) is 14.2. The molecule has 0 amide bonds. The van der Waals surface area contributed by atoms with E-state index in [1.165, 1.54) is 32.4 Å². The van der Waals surface area contributed by atoms with Crippen molar-refractivity contribution in [1.82, 2.24) is 4.90 Å². The van der Waals surface area contributed by atoms with Crippen molar-refractivity contribution < 1.29 is 9.47 Å². The summed E-state index contributed by atoms with van der Waals surface area (Å²) >= 11 is 0. The van der Waals surface area contributed by atoms with Gasteiger partial charge in [-0.1, -0.05) is 19.4 Å². The Bertz CT molecular complexity index is 403. The Hall–Kier alpha value is -1.42. The molecule has 20 heavy (non-hydrogen) atoms. The quantitative estimate of drug-likeness (QED) is 0.779. The fourth-order valence-electron chi connectivity index (χ4n) is 2.46. The van der Waals surface area contributed by atoms with Crippen LogP contribution in [0, 0.1) is 0 Å². The van der Waals surface area contributed by atoms with Gasteiger partial charge < -0.3 is 15.2 Å². The van der Waals surface area contributed by atoms with Crippen LogP contribution < -0.4 is 15.2 Å². The number of nitrogen functional groups attached to an aromatic ring is 1. The zero-order valence-electron chi connectivity index (χ0n) is 12.4. The molecule has 1 aliphatic rings. The molecular weight excluding hydrogens is 252 g/mol. The van der Waals surface area contributed by atoms with Gasteiger partial charge in [-0.2, -0.15) is 0 Å². The number of benzene rings is 1. The van der Waals surface area contributed by atoms with Crippen molar-refractivity contribution in [2.75, 3.05) is 38.6 Å². The van der Waals surface area contributed by atoms with Crippen LogP contribution in [0.2, 0.25) is 0 Å². The fraction of sp³-hybridized carbons (Fsp3) is 0.625. The largest absolute Gasteiger partial charge is 0.491 e. The number of likely N-dealkylation sites (tertiary alicyclic amines) is 1. The van der Waals surface area contributed by atoms with E-state index in [9.17, 15) is 0 Å². The maximum Gasteiger partial charge on any atom is 0.146 e. The first-order chi connectivity index (χ1) is 9.81. The van der Waals surface area contributed by atoms with Crippen molar-refractivity contribution >= 4 is 5.69 Å². The van der Waals surface area contributed by atoms with E-state index in [4.69, 9.17) is 15.2 Å². The van der Waals surface area contributed by atoms with E-state index in [1.54, 1.807) is 0 Å². The summed E-state index contributed by atoms with van der Waals surface area (Å²) < 4.78 is 11.4. The molecule has 0 unspecified atom stereocenters. The monoisotopic (exact) mass is 278 g/mol. The van der Waals surface area contributed by atoms with E-state index in [0.717, 1.165) is 24.5 Å². The van der Waals surface area contributed by atoms with E-state index >= 15 is 0 Å². The van der Waals surface area contributed by atoms with E-state index in [1.807, 2.05) is 18.2 Å². The van der Waals surface area contributed by atoms with Gasteiger partial charge in [0.15, 0.2) is 0 Å². The van der Waals surface area contributed by atoms with Crippen molar-refractivity contribution in [3.8, 4) is 11.5 Å². The van der Waals surface area contributed by atoms with Gasteiger partial charge in [-0.15, -0.1) is 0 Å². The van der Waals surface area contributed by atoms with Gasteiger partial charge in [-0.05, 0) is 44.5 Å². The van der Waals surface area contributed by atoms with Crippen molar-refractivity contribution in [2.24, 2.45) is 0 Å². The zero-order valence-corrected chi connectivity index (χ0v) is 12.4. The first kappa shape index (κ1) is 15.0. The van der Waals surface area contributed by atoms with Crippen LogP contribution in [0.5, 0.6) is 11.5 Å². The van der Waals surface area contributed by atoms with Gasteiger partial charge in [0.1, 0.15) is 23.8 Å². The third-order valence-electron chi connectivity index (χ3n) is 3.60. The van der Waals surface area contributed by atoms with Crippen LogP contribution >= 0.6 is 0 Å². The average Bonchev–Trinajstić information content (AvgIpc) is 2.49. The second-order valence-electron chi connectivity index (χ2n) is 5.27. The number of ether oxygens (including phenoxy) is 2. The van der Waals surface area contributed by atoms with Crippen LogP contribution in [0.15, 0.2) is 18.2 Å². The molecule has 0 bridgehead atoms. The van der Waals surface area contributed by atoms with Crippen molar-refractivity contribution in [2.45, 2.75) is 32.6 Å². The van der Waals surface area contributed by atoms with Crippen LogP contribution in [0.1, 0.15) is 32.6 Å². The van der Waals surface area contributed by atoms with Gasteiger partial charge in [-0.3, -0.25) is 4.90 Å². The second-order valence-corrected chi connectivity index (χ2v) is 5.27. The SMILES string of the molecule is CCCOc1cccc(OCCN2CCCCC2)c1N. The molecule has 1 aliphatic heterocycles. The van der Waals surface area contributed by atoms with E-state index in [2.05, 4.69) is 11.8 Å². The lowest BCUT2D eigenvalue weighted by atomic mass is 10.1. The highest BCUT2D eigenvalue weighted by Gasteiger charge is 2.11. The van der Waals surface area contributed by atoms with Crippen molar-refractivity contribution in [3.63, 3.8) is 0 Å². The molecule has 0 aromatic heterocycles. The number of nitrogens with zero attached hydrogens (tertiary/aromatic N) is 1. The predicted octanol–water partition coefficient (Wildman–Crippen LogP) is 2.92. The molecule has 2 N–H and O–H groups in total. The Balaban J connectivity index is 1.82. The molecule has 112 valence electrons. The molecule has 2 rings (SSSR count). The number of rotatable bonds is 7. The average molecular weight is 278 g/mol. The maximum atomic E-state index is 6.08. The molecule has 1 aromatic rings. The van der Waals surface area contributed by atoms with Gasteiger partial charge in [0, 0.05) is 6.54 Å². The molecule has 0 radical (unpaired) electrons. The first-order valence-corrected chi connectivity index (χ1v) is 7.67. The van der Waals surface area contributed by atoms with Crippen LogP contribution in [-0.2, 0) is 0 Å². The molecule has 1 heterocycles. The van der Waals surface area contributed by atoms with Crippen molar-refractivity contribution in [1.29, 1.82) is 0 Å². The number of anilines is 1. The van der Waals surface area contributed by atoms with E-state index in [0.29, 0.717) is 18.9 Å². The van der Waals surface area contributed by atoms with Gasteiger partial charge in [0.25, 0.3) is 0 Å². The van der Waals surface area contributed by atoms with E-state index < -0.39 is 0 Å². The van der Waals surface area contributed by atoms with Crippen LogP contribution in [-0.4, -0.2) is 37.7 Å². The molecule has 0 spiro atoms. The van der Waals surface area contributed by atoms with Gasteiger partial charge in [0.05, 0.1) is 6.61 Å². The molecule has 4 nitrogen and oxygen atoms in total. The van der Waals surface area contributed by atoms with Crippen molar-refractivity contribution in [3.05, 3.63) is 18.2 Å². The summed E-state index contributed by atoms with van der Waals surface area (Å²) in [5.74, 6) is 1.46. The number of nitrogens with two attached hydrogens (primary N) is 1. The smallest absolute Gasteiger partial charge is 0.146 e. The standard InChI is InChI=1S/C16H26N2O2/c1-2-12-19-14-7-6-8-15(16(14)17)20-13-11-18-9-4-3-5-10-18/h6-8H,2-5,9-13,17H2,1H3. The summed E-state index contributed by atoms with van der Waals surface area (Å²) in [5, 5.41) is 0. The Kier molecular flexibility index (Phi) is 5.99. The summed E-state index contributed by atoms with van der Waals surface area (Å²) in [4.78, 5) is 2.46. The second kappa shape index (κ2) is 8.00. The fourth-order valence-corrected chi connectivity index (χ4v) is 2.46. The Morgan fingerprint density at radius 3 is 2.35 bits per heavy atom. The summed E-state index contributed by atoms with van der Waals surface area (Å²) in [6.45, 7) is 6.80. The lowest BCUT2D eigenvalue weighted by Gasteiger charge is -2.26. The number of hydrogen-bond acceptors (Lipinski definition) is 4. The highest BCUT2D eigenvalue weighted by atomic mass is 16.5. The van der Waals surface area contributed by atoms with Crippen LogP contribution in [0.25, 0.3) is 0 Å². The highest BCUT2D eigenvalue weighted by molar-refractivity contribution is 5.62. The number of hydrogen-bond donors (Lipinski definition) is 1. The lowest BCUT2D eigenvalue weighted by Crippen LogP contribution is -2.33. The minimum absolute atomic E-state index is 0.611. The molecular formula is C16H26N2O2. The summed E-state index contributed by atoms with van der Waals surface area (Å²) in [6.07, 6.45) is 4.95. The summed E-state index contributed by atoms with van der Waals surface area (Å²) in [7, 11) is 0. The molecule has 1 aromatic carbocycles. The lowest BCUT2D eigenvalue weighted by molar-refractivity contribution is 0.183. The molecule has 1 fully saturated rings. The van der Waals surface area contributed by atoms with Gasteiger partial charge in [-0.25, -0.2) is 0 Å². The van der Waals surface area contributed by atoms with E-state index in [-0.39, 0.29) is 0 Å². The van der Waals surface area contributed by atoms with Gasteiger partial charge in [0.2, 0.25) is 0 Å². The van der Waals surface area contributed by atoms with Crippen LogP contribution in [0.4, 0.5) is 5.69 Å². The Morgan fingerprint density at radius 1 is 1.05 bits per heavy atom. The minimum Gasteiger partial charge on any atom is -0.491 e. The maximum absolute atomic E-state index is 6.08. The Morgan fingerprint density at radius 2 is 1.70 bits per heavy atom. The number of para-hydroxylation sites is 1. The predicted molar refractivity (Wildman–Crippen MR) is 82.4 cm³/mol. The van der Waals surface area contributed by atoms with Gasteiger partial charge >= 0.3 is 0 Å². The normalized spacial score (nSPS) is 16.1. The highest BCUT2D eigenvalue weighted by Crippen LogP contribution is 2.31. The topological polar surface area (TPSA) is 47.7 Å².